The summed E-state index contributed by atoms with van der Waals surface area (Å²) in [6, 6.07) is 12.1. The van der Waals surface area contributed by atoms with Crippen molar-refractivity contribution in [3.63, 3.8) is 0 Å². The summed E-state index contributed by atoms with van der Waals surface area (Å²) >= 11 is 0. The highest BCUT2D eigenvalue weighted by molar-refractivity contribution is 5.85. The van der Waals surface area contributed by atoms with Gasteiger partial charge in [0.2, 0.25) is 0 Å². The Morgan fingerprint density at radius 3 is 2.57 bits per heavy atom. The van der Waals surface area contributed by atoms with Crippen molar-refractivity contribution in [3.05, 3.63) is 42.1 Å². The third kappa shape index (κ3) is 4.06. The van der Waals surface area contributed by atoms with Gasteiger partial charge < -0.3 is 10.3 Å². The first-order chi connectivity index (χ1) is 9.85. The van der Waals surface area contributed by atoms with Crippen LogP contribution in [0.2, 0.25) is 0 Å². The Kier molecular flexibility index (Phi) is 5.79. The van der Waals surface area contributed by atoms with E-state index in [1.54, 1.807) is 0 Å². The molecule has 4 nitrogen and oxygen atoms in total. The molecule has 1 aromatic carbocycles. The van der Waals surface area contributed by atoms with Crippen molar-refractivity contribution in [2.45, 2.75) is 19.4 Å². The number of rotatable bonds is 4. The number of halogens is 1. The Labute approximate surface area is 131 Å². The van der Waals surface area contributed by atoms with Crippen LogP contribution in [-0.4, -0.2) is 29.7 Å². The summed E-state index contributed by atoms with van der Waals surface area (Å²) in [4.78, 5) is 2.43. The fourth-order valence-electron chi connectivity index (χ4n) is 2.73. The maximum Gasteiger partial charge on any atom is 0.167 e. The van der Waals surface area contributed by atoms with E-state index in [0.29, 0.717) is 5.92 Å². The Morgan fingerprint density at radius 1 is 1.19 bits per heavy atom. The SMILES string of the molecule is Cl.NCC1CCN(Cc2cc(-c3ccccc3)on2)CC1. The van der Waals surface area contributed by atoms with Crippen molar-refractivity contribution < 1.29 is 4.52 Å². The number of aromatic nitrogens is 1. The number of likely N-dealkylation sites (tertiary alicyclic amines) is 1. The third-order valence-electron chi connectivity index (χ3n) is 4.04. The number of benzene rings is 1. The lowest BCUT2D eigenvalue weighted by molar-refractivity contribution is 0.176. The van der Waals surface area contributed by atoms with Gasteiger partial charge in [-0.15, -0.1) is 12.4 Å². The molecule has 2 N–H and O–H groups in total. The summed E-state index contributed by atoms with van der Waals surface area (Å²) in [5.41, 5.74) is 7.81. The molecule has 0 bridgehead atoms. The summed E-state index contributed by atoms with van der Waals surface area (Å²) < 4.78 is 5.44. The number of piperidine rings is 1. The first-order valence-corrected chi connectivity index (χ1v) is 7.28. The van der Waals surface area contributed by atoms with Gasteiger partial charge in [-0.1, -0.05) is 35.5 Å². The van der Waals surface area contributed by atoms with Gasteiger partial charge in [-0.25, -0.2) is 0 Å². The molecular weight excluding hydrogens is 286 g/mol. The molecular formula is C16H22ClN3O. The van der Waals surface area contributed by atoms with E-state index in [1.165, 1.54) is 12.8 Å². The molecule has 114 valence electrons. The lowest BCUT2D eigenvalue weighted by Crippen LogP contribution is -2.35. The van der Waals surface area contributed by atoms with E-state index in [9.17, 15) is 0 Å². The van der Waals surface area contributed by atoms with Crippen LogP contribution in [0.1, 0.15) is 18.5 Å². The van der Waals surface area contributed by atoms with Crippen molar-refractivity contribution in [1.82, 2.24) is 10.1 Å². The third-order valence-corrected chi connectivity index (χ3v) is 4.04. The van der Waals surface area contributed by atoms with Crippen LogP contribution >= 0.6 is 12.4 Å². The van der Waals surface area contributed by atoms with E-state index < -0.39 is 0 Å². The molecule has 0 unspecified atom stereocenters. The molecule has 1 fully saturated rings. The zero-order valence-electron chi connectivity index (χ0n) is 12.1. The van der Waals surface area contributed by atoms with E-state index in [-0.39, 0.29) is 12.4 Å². The molecule has 1 aromatic heterocycles. The topological polar surface area (TPSA) is 55.3 Å². The van der Waals surface area contributed by atoms with Gasteiger partial charge in [0.25, 0.3) is 0 Å². The van der Waals surface area contributed by atoms with Crippen LogP contribution in [-0.2, 0) is 6.54 Å². The second-order valence-electron chi connectivity index (χ2n) is 5.50. The van der Waals surface area contributed by atoms with Crippen LogP contribution in [0.5, 0.6) is 0 Å². The zero-order chi connectivity index (χ0) is 13.8. The van der Waals surface area contributed by atoms with Crippen molar-refractivity contribution >= 4 is 12.4 Å². The Morgan fingerprint density at radius 2 is 1.90 bits per heavy atom. The predicted molar refractivity (Wildman–Crippen MR) is 86.2 cm³/mol. The molecule has 3 rings (SSSR count). The number of nitrogens with two attached hydrogens (primary N) is 1. The van der Waals surface area contributed by atoms with Crippen LogP contribution in [0, 0.1) is 5.92 Å². The molecule has 0 saturated carbocycles. The highest BCUT2D eigenvalue weighted by Crippen LogP contribution is 2.22. The number of nitrogens with zero attached hydrogens (tertiary/aromatic N) is 2. The van der Waals surface area contributed by atoms with Gasteiger partial charge in [0, 0.05) is 18.2 Å². The minimum Gasteiger partial charge on any atom is -0.356 e. The van der Waals surface area contributed by atoms with Crippen molar-refractivity contribution in [3.8, 4) is 11.3 Å². The maximum absolute atomic E-state index is 5.72. The highest BCUT2D eigenvalue weighted by atomic mass is 35.5. The van der Waals surface area contributed by atoms with E-state index >= 15 is 0 Å². The second kappa shape index (κ2) is 7.59. The van der Waals surface area contributed by atoms with E-state index in [2.05, 4.69) is 10.1 Å². The van der Waals surface area contributed by atoms with Gasteiger partial charge in [0.1, 0.15) is 0 Å². The van der Waals surface area contributed by atoms with Gasteiger partial charge >= 0.3 is 0 Å². The average Bonchev–Trinajstić information content (AvgIpc) is 2.97. The van der Waals surface area contributed by atoms with E-state index in [1.807, 2.05) is 36.4 Å². The standard InChI is InChI=1S/C16H21N3O.ClH/c17-11-13-6-8-19(9-7-13)12-15-10-16(20-18-15)14-4-2-1-3-5-14;/h1-5,10,13H,6-9,11-12,17H2;1H. The van der Waals surface area contributed by atoms with Gasteiger partial charge in [0.05, 0.1) is 5.69 Å². The molecule has 1 aliphatic rings. The first kappa shape index (κ1) is 16.0. The number of hydrogen-bond donors (Lipinski definition) is 1. The lowest BCUT2D eigenvalue weighted by atomic mass is 9.97. The normalized spacial score (nSPS) is 16.6. The zero-order valence-corrected chi connectivity index (χ0v) is 12.9. The van der Waals surface area contributed by atoms with Crippen LogP contribution in [0.3, 0.4) is 0 Å². The molecule has 0 aliphatic carbocycles. The van der Waals surface area contributed by atoms with Crippen LogP contribution in [0.4, 0.5) is 0 Å². The summed E-state index contributed by atoms with van der Waals surface area (Å²) in [5.74, 6) is 1.54. The second-order valence-corrected chi connectivity index (χ2v) is 5.50. The summed E-state index contributed by atoms with van der Waals surface area (Å²) in [6.45, 7) is 3.90. The molecule has 0 radical (unpaired) electrons. The molecule has 0 amide bonds. The molecule has 1 aliphatic heterocycles. The van der Waals surface area contributed by atoms with Crippen LogP contribution < -0.4 is 5.73 Å². The van der Waals surface area contributed by atoms with E-state index in [0.717, 1.165) is 43.2 Å². The molecule has 21 heavy (non-hydrogen) atoms. The predicted octanol–water partition coefficient (Wildman–Crippen LogP) is 2.93. The van der Waals surface area contributed by atoms with Crippen molar-refractivity contribution in [2.75, 3.05) is 19.6 Å². The van der Waals surface area contributed by atoms with Crippen LogP contribution in [0.25, 0.3) is 11.3 Å². The molecule has 2 heterocycles. The smallest absolute Gasteiger partial charge is 0.167 e. The quantitative estimate of drug-likeness (QED) is 0.943. The highest BCUT2D eigenvalue weighted by Gasteiger charge is 2.19. The maximum atomic E-state index is 5.72. The molecule has 0 atom stereocenters. The largest absolute Gasteiger partial charge is 0.356 e. The fraction of sp³-hybridized carbons (Fsp3) is 0.438. The van der Waals surface area contributed by atoms with Crippen molar-refractivity contribution in [2.24, 2.45) is 11.7 Å². The fourth-order valence-corrected chi connectivity index (χ4v) is 2.73. The molecule has 0 spiro atoms. The summed E-state index contributed by atoms with van der Waals surface area (Å²) in [5, 5.41) is 4.18. The van der Waals surface area contributed by atoms with Gasteiger partial charge in [-0.05, 0) is 38.4 Å². The Hall–Kier alpha value is -1.36. The number of hydrogen-bond acceptors (Lipinski definition) is 4. The first-order valence-electron chi connectivity index (χ1n) is 7.28. The monoisotopic (exact) mass is 307 g/mol. The van der Waals surface area contributed by atoms with Crippen LogP contribution in [0.15, 0.2) is 40.9 Å². The average molecular weight is 308 g/mol. The minimum absolute atomic E-state index is 0. The summed E-state index contributed by atoms with van der Waals surface area (Å²) in [6.07, 6.45) is 2.39. The van der Waals surface area contributed by atoms with Crippen molar-refractivity contribution in [1.29, 1.82) is 0 Å². The minimum atomic E-state index is 0. The van der Waals surface area contributed by atoms with Gasteiger partial charge in [-0.2, -0.15) is 0 Å². The van der Waals surface area contributed by atoms with E-state index in [4.69, 9.17) is 10.3 Å². The lowest BCUT2D eigenvalue weighted by Gasteiger charge is -2.30. The molecule has 1 saturated heterocycles. The summed E-state index contributed by atoms with van der Waals surface area (Å²) in [7, 11) is 0. The Balaban J connectivity index is 0.00000161. The Bertz CT molecular complexity index is 535. The molecule has 2 aromatic rings. The van der Waals surface area contributed by atoms with Gasteiger partial charge in [-0.3, -0.25) is 4.90 Å². The van der Waals surface area contributed by atoms with Gasteiger partial charge in [0.15, 0.2) is 5.76 Å². The molecule has 5 heteroatoms.